The van der Waals surface area contributed by atoms with Crippen molar-refractivity contribution in [2.24, 2.45) is 0 Å². The minimum atomic E-state index is 1.09. The average molecular weight is 337 g/mol. The van der Waals surface area contributed by atoms with Gasteiger partial charge in [-0.3, -0.25) is 0 Å². The van der Waals surface area contributed by atoms with Crippen LogP contribution in [0.3, 0.4) is 0 Å². The van der Waals surface area contributed by atoms with E-state index in [1.165, 1.54) is 52.9 Å². The third kappa shape index (κ3) is 4.00. The standard InChI is InChI=1S/C23H32N2/c1-5-20-10-9-11-21(17-20)19(3)22-12-15-24(4)23(22)16-18(2)25-13-7-6-8-14-25/h9-11,16-17H,2,5-8,12-15H2,1,3-4H3/b22-19+,23-16?. The Labute approximate surface area is 153 Å². The zero-order valence-corrected chi connectivity index (χ0v) is 16.1. The average Bonchev–Trinajstić information content (AvgIpc) is 3.02. The van der Waals surface area contributed by atoms with Gasteiger partial charge in [-0.2, -0.15) is 0 Å². The molecule has 0 bridgehead atoms. The van der Waals surface area contributed by atoms with Crippen LogP contribution in [0, 0.1) is 0 Å². The molecular weight excluding hydrogens is 304 g/mol. The first kappa shape index (κ1) is 17.8. The first-order valence-corrected chi connectivity index (χ1v) is 9.76. The smallest absolute Gasteiger partial charge is 0.0420 e. The molecule has 3 rings (SSSR count). The normalized spacial score (nSPS) is 21.8. The van der Waals surface area contributed by atoms with Crippen LogP contribution < -0.4 is 0 Å². The van der Waals surface area contributed by atoms with Crippen molar-refractivity contribution in [3.63, 3.8) is 0 Å². The second-order valence-corrected chi connectivity index (χ2v) is 7.40. The van der Waals surface area contributed by atoms with E-state index in [1.54, 1.807) is 0 Å². The Morgan fingerprint density at radius 3 is 2.64 bits per heavy atom. The molecule has 0 atom stereocenters. The minimum Gasteiger partial charge on any atom is -0.374 e. The third-order valence-corrected chi connectivity index (χ3v) is 5.70. The van der Waals surface area contributed by atoms with Crippen LogP contribution in [0.2, 0.25) is 0 Å². The summed E-state index contributed by atoms with van der Waals surface area (Å²) in [5.74, 6) is 0. The molecule has 2 aliphatic heterocycles. The van der Waals surface area contributed by atoms with Crippen LogP contribution in [0.5, 0.6) is 0 Å². The van der Waals surface area contributed by atoms with E-state index in [0.717, 1.165) is 32.5 Å². The van der Waals surface area contributed by atoms with E-state index in [9.17, 15) is 0 Å². The molecule has 0 unspecified atom stereocenters. The van der Waals surface area contributed by atoms with E-state index in [1.807, 2.05) is 0 Å². The number of nitrogens with zero attached hydrogens (tertiary/aromatic N) is 2. The lowest BCUT2D eigenvalue weighted by molar-refractivity contribution is 0.293. The summed E-state index contributed by atoms with van der Waals surface area (Å²) in [6.45, 7) is 12.3. The lowest BCUT2D eigenvalue weighted by Gasteiger charge is -2.30. The van der Waals surface area contributed by atoms with E-state index < -0.39 is 0 Å². The summed E-state index contributed by atoms with van der Waals surface area (Å²) in [5, 5.41) is 0. The number of likely N-dealkylation sites (N-methyl/N-ethyl adjacent to an activating group) is 1. The molecule has 2 saturated heterocycles. The van der Waals surface area contributed by atoms with E-state index in [0.29, 0.717) is 0 Å². The fraction of sp³-hybridized carbons (Fsp3) is 0.478. The predicted octanol–water partition coefficient (Wildman–Crippen LogP) is 5.24. The Morgan fingerprint density at radius 1 is 1.16 bits per heavy atom. The van der Waals surface area contributed by atoms with Gasteiger partial charge in [0.05, 0.1) is 0 Å². The predicted molar refractivity (Wildman–Crippen MR) is 108 cm³/mol. The molecule has 2 fully saturated rings. The number of hydrogen-bond donors (Lipinski definition) is 0. The van der Waals surface area contributed by atoms with Gasteiger partial charge in [-0.1, -0.05) is 37.8 Å². The Morgan fingerprint density at radius 2 is 1.92 bits per heavy atom. The molecule has 2 nitrogen and oxygen atoms in total. The highest BCUT2D eigenvalue weighted by Gasteiger charge is 2.22. The van der Waals surface area contributed by atoms with Crippen LogP contribution >= 0.6 is 0 Å². The van der Waals surface area contributed by atoms with Gasteiger partial charge in [0.1, 0.15) is 0 Å². The number of allylic oxidation sites excluding steroid dienone is 3. The van der Waals surface area contributed by atoms with Gasteiger partial charge in [0.15, 0.2) is 0 Å². The van der Waals surface area contributed by atoms with Crippen molar-refractivity contribution in [2.75, 3.05) is 26.7 Å². The SMILES string of the molecule is C=C(C=C1/C(=C(\C)c2cccc(CC)c2)CCN1C)N1CCCCC1. The number of likely N-dealkylation sites (tertiary alicyclic amines) is 2. The van der Waals surface area contributed by atoms with Crippen molar-refractivity contribution in [1.29, 1.82) is 0 Å². The zero-order chi connectivity index (χ0) is 17.8. The van der Waals surface area contributed by atoms with Crippen molar-refractivity contribution in [1.82, 2.24) is 9.80 Å². The van der Waals surface area contributed by atoms with Crippen LogP contribution in [0.15, 0.2) is 53.9 Å². The summed E-state index contributed by atoms with van der Waals surface area (Å²) in [7, 11) is 2.21. The molecule has 1 aromatic rings. The van der Waals surface area contributed by atoms with Gasteiger partial charge in [0.25, 0.3) is 0 Å². The quantitative estimate of drug-likeness (QED) is 0.742. The maximum atomic E-state index is 4.37. The first-order chi connectivity index (χ1) is 12.1. The molecular formula is C23H32N2. The molecule has 0 radical (unpaired) electrons. The summed E-state index contributed by atoms with van der Waals surface area (Å²) in [6.07, 6.45) is 8.48. The molecule has 2 heteroatoms. The number of hydrogen-bond acceptors (Lipinski definition) is 2. The molecule has 0 amide bonds. The molecule has 1 aromatic carbocycles. The van der Waals surface area contributed by atoms with Gasteiger partial charge in [-0.25, -0.2) is 0 Å². The molecule has 0 saturated carbocycles. The minimum absolute atomic E-state index is 1.09. The van der Waals surface area contributed by atoms with E-state index >= 15 is 0 Å². The highest BCUT2D eigenvalue weighted by Crippen LogP contribution is 2.34. The topological polar surface area (TPSA) is 6.48 Å². The van der Waals surface area contributed by atoms with E-state index in [2.05, 4.69) is 67.6 Å². The van der Waals surface area contributed by atoms with Gasteiger partial charge in [-0.05, 0) is 67.4 Å². The number of aryl methyl sites for hydroxylation is 1. The third-order valence-electron chi connectivity index (χ3n) is 5.70. The van der Waals surface area contributed by atoms with Crippen LogP contribution in [0.1, 0.15) is 50.7 Å². The van der Waals surface area contributed by atoms with E-state index in [-0.39, 0.29) is 0 Å². The van der Waals surface area contributed by atoms with Crippen molar-refractivity contribution in [3.8, 4) is 0 Å². The molecule has 2 heterocycles. The molecule has 2 aliphatic rings. The van der Waals surface area contributed by atoms with Gasteiger partial charge < -0.3 is 9.80 Å². The zero-order valence-electron chi connectivity index (χ0n) is 16.1. The second kappa shape index (κ2) is 7.95. The number of benzene rings is 1. The van der Waals surface area contributed by atoms with Gasteiger partial charge in [0.2, 0.25) is 0 Å². The molecule has 25 heavy (non-hydrogen) atoms. The Hall–Kier alpha value is -1.96. The molecule has 134 valence electrons. The van der Waals surface area contributed by atoms with Crippen LogP contribution in [0.25, 0.3) is 5.57 Å². The van der Waals surface area contributed by atoms with Gasteiger partial charge in [-0.15, -0.1) is 0 Å². The summed E-state index contributed by atoms with van der Waals surface area (Å²) in [4.78, 5) is 4.84. The maximum absolute atomic E-state index is 4.37. The lowest BCUT2D eigenvalue weighted by Crippen LogP contribution is -2.28. The lowest BCUT2D eigenvalue weighted by atomic mass is 9.96. The first-order valence-electron chi connectivity index (χ1n) is 9.76. The van der Waals surface area contributed by atoms with Crippen molar-refractivity contribution in [3.05, 3.63) is 65.0 Å². The second-order valence-electron chi connectivity index (χ2n) is 7.40. The van der Waals surface area contributed by atoms with E-state index in [4.69, 9.17) is 0 Å². The monoisotopic (exact) mass is 336 g/mol. The molecule has 0 aromatic heterocycles. The summed E-state index contributed by atoms with van der Waals surface area (Å²) >= 11 is 0. The largest absolute Gasteiger partial charge is 0.374 e. The Balaban J connectivity index is 1.91. The Bertz CT molecular complexity index is 690. The number of rotatable bonds is 4. The molecule has 0 spiro atoms. The summed E-state index contributed by atoms with van der Waals surface area (Å²) < 4.78 is 0. The van der Waals surface area contributed by atoms with Crippen LogP contribution in [-0.4, -0.2) is 36.5 Å². The van der Waals surface area contributed by atoms with Crippen molar-refractivity contribution >= 4 is 5.57 Å². The van der Waals surface area contributed by atoms with Gasteiger partial charge >= 0.3 is 0 Å². The Kier molecular flexibility index (Phi) is 5.67. The summed E-state index contributed by atoms with van der Waals surface area (Å²) in [5.41, 5.74) is 8.20. The fourth-order valence-electron chi connectivity index (χ4n) is 3.96. The molecule has 0 N–H and O–H groups in total. The highest BCUT2D eigenvalue weighted by atomic mass is 15.2. The van der Waals surface area contributed by atoms with Crippen molar-refractivity contribution in [2.45, 2.75) is 46.0 Å². The highest BCUT2D eigenvalue weighted by molar-refractivity contribution is 5.72. The van der Waals surface area contributed by atoms with Crippen molar-refractivity contribution < 1.29 is 0 Å². The fourth-order valence-corrected chi connectivity index (χ4v) is 3.96. The van der Waals surface area contributed by atoms with Gasteiger partial charge in [0, 0.05) is 38.1 Å². The molecule has 0 aliphatic carbocycles. The van der Waals surface area contributed by atoms with Crippen LogP contribution in [-0.2, 0) is 6.42 Å². The summed E-state index contributed by atoms with van der Waals surface area (Å²) in [6, 6.07) is 9.00. The maximum Gasteiger partial charge on any atom is 0.0420 e. The van der Waals surface area contributed by atoms with Crippen LogP contribution in [0.4, 0.5) is 0 Å². The number of piperidine rings is 1.